The summed E-state index contributed by atoms with van der Waals surface area (Å²) >= 11 is 5.98. The lowest BCUT2D eigenvalue weighted by molar-refractivity contribution is 0.234. The van der Waals surface area contributed by atoms with Gasteiger partial charge in [-0.2, -0.15) is 0 Å². The minimum absolute atomic E-state index is 0.297. The summed E-state index contributed by atoms with van der Waals surface area (Å²) in [4.78, 5) is 16.7. The second-order valence-electron chi connectivity index (χ2n) is 5.94. The van der Waals surface area contributed by atoms with Gasteiger partial charge in [0.25, 0.3) is 0 Å². The van der Waals surface area contributed by atoms with Gasteiger partial charge in [0.1, 0.15) is 24.2 Å². The molecular weight excluding hydrogens is 364 g/mol. The summed E-state index contributed by atoms with van der Waals surface area (Å²) in [5.74, 6) is 1.50. The van der Waals surface area contributed by atoms with Crippen LogP contribution in [0.25, 0.3) is 0 Å². The Balaban J connectivity index is 1.59. The summed E-state index contributed by atoms with van der Waals surface area (Å²) in [6.07, 6.45) is 3.54. The van der Waals surface area contributed by atoms with Crippen LogP contribution in [0, 0.1) is 0 Å². The predicted molar refractivity (Wildman–Crippen MR) is 105 cm³/mol. The maximum atomic E-state index is 12.4. The molecule has 2 amide bonds. The zero-order valence-corrected chi connectivity index (χ0v) is 15.7. The first-order chi connectivity index (χ1) is 13.1. The molecule has 0 aliphatic carbocycles. The van der Waals surface area contributed by atoms with Crippen LogP contribution >= 0.6 is 11.6 Å². The van der Waals surface area contributed by atoms with Gasteiger partial charge in [0, 0.05) is 24.5 Å². The number of carbonyl (C=O) groups is 1. The monoisotopic (exact) mass is 384 g/mol. The molecule has 0 aliphatic rings. The van der Waals surface area contributed by atoms with Crippen LogP contribution in [-0.2, 0) is 7.05 Å². The van der Waals surface area contributed by atoms with Crippen LogP contribution in [0.3, 0.4) is 0 Å². The van der Waals surface area contributed by atoms with Gasteiger partial charge < -0.3 is 19.9 Å². The standard InChI is InChI=1S/C20H21ClN4O2/c1-25-13-11-22-19(25)18(15-7-9-16(21)10-8-15)24-20(26)23-12-14-27-17-5-3-2-4-6-17/h2-11,13,18H,12,14H2,1H3,(H2,23,24,26)/t18-/m0/s1. The number of imidazole rings is 1. The summed E-state index contributed by atoms with van der Waals surface area (Å²) in [6, 6.07) is 16.1. The Hall–Kier alpha value is -2.99. The van der Waals surface area contributed by atoms with Crippen LogP contribution in [0.5, 0.6) is 5.75 Å². The molecule has 7 heteroatoms. The second-order valence-corrected chi connectivity index (χ2v) is 6.38. The molecule has 3 aromatic rings. The number of benzene rings is 2. The van der Waals surface area contributed by atoms with Crippen molar-refractivity contribution in [3.8, 4) is 5.75 Å². The summed E-state index contributed by atoms with van der Waals surface area (Å²) in [5, 5.41) is 6.41. The minimum atomic E-state index is -0.391. The fourth-order valence-electron chi connectivity index (χ4n) is 2.64. The van der Waals surface area contributed by atoms with E-state index in [1.165, 1.54) is 0 Å². The Labute approximate surface area is 163 Å². The van der Waals surface area contributed by atoms with Gasteiger partial charge in [-0.05, 0) is 29.8 Å². The molecule has 1 aromatic heterocycles. The number of carbonyl (C=O) groups excluding carboxylic acids is 1. The number of para-hydroxylation sites is 1. The largest absolute Gasteiger partial charge is 0.492 e. The highest BCUT2D eigenvalue weighted by atomic mass is 35.5. The van der Waals surface area contributed by atoms with Gasteiger partial charge in [-0.3, -0.25) is 0 Å². The van der Waals surface area contributed by atoms with Gasteiger partial charge in [0.15, 0.2) is 0 Å². The number of amides is 2. The first-order valence-electron chi connectivity index (χ1n) is 8.58. The number of nitrogens with zero attached hydrogens (tertiary/aromatic N) is 2. The van der Waals surface area contributed by atoms with Crippen LogP contribution in [-0.4, -0.2) is 28.7 Å². The van der Waals surface area contributed by atoms with E-state index in [0.29, 0.717) is 18.2 Å². The highest BCUT2D eigenvalue weighted by molar-refractivity contribution is 6.30. The fourth-order valence-corrected chi connectivity index (χ4v) is 2.77. The summed E-state index contributed by atoms with van der Waals surface area (Å²) in [7, 11) is 1.89. The molecule has 1 heterocycles. The number of halogens is 1. The summed E-state index contributed by atoms with van der Waals surface area (Å²) in [5.41, 5.74) is 0.893. The fraction of sp³-hybridized carbons (Fsp3) is 0.200. The molecule has 0 spiro atoms. The van der Waals surface area contributed by atoms with E-state index in [1.807, 2.05) is 60.3 Å². The molecule has 0 saturated heterocycles. The van der Waals surface area contributed by atoms with Gasteiger partial charge in [-0.15, -0.1) is 0 Å². The third-order valence-electron chi connectivity index (χ3n) is 3.99. The van der Waals surface area contributed by atoms with E-state index in [1.54, 1.807) is 18.3 Å². The smallest absolute Gasteiger partial charge is 0.315 e. The van der Waals surface area contributed by atoms with Crippen molar-refractivity contribution >= 4 is 17.6 Å². The number of aromatic nitrogens is 2. The van der Waals surface area contributed by atoms with Crippen molar-refractivity contribution < 1.29 is 9.53 Å². The van der Waals surface area contributed by atoms with E-state index in [9.17, 15) is 4.79 Å². The zero-order valence-electron chi connectivity index (χ0n) is 14.9. The van der Waals surface area contributed by atoms with Crippen molar-refractivity contribution in [1.82, 2.24) is 20.2 Å². The van der Waals surface area contributed by atoms with E-state index in [2.05, 4.69) is 15.6 Å². The quantitative estimate of drug-likeness (QED) is 0.612. The number of hydrogen-bond acceptors (Lipinski definition) is 3. The molecule has 2 aromatic carbocycles. The van der Waals surface area contributed by atoms with Crippen molar-refractivity contribution in [2.75, 3.05) is 13.2 Å². The van der Waals surface area contributed by atoms with Crippen molar-refractivity contribution in [3.05, 3.63) is 83.4 Å². The topological polar surface area (TPSA) is 68.2 Å². The SMILES string of the molecule is Cn1ccnc1[C@@H](NC(=O)NCCOc1ccccc1)c1ccc(Cl)cc1. The predicted octanol–water partition coefficient (Wildman–Crippen LogP) is 3.54. The average Bonchev–Trinajstić information content (AvgIpc) is 3.11. The van der Waals surface area contributed by atoms with Gasteiger partial charge in [-0.1, -0.05) is 41.9 Å². The molecule has 0 bridgehead atoms. The van der Waals surface area contributed by atoms with Gasteiger partial charge >= 0.3 is 6.03 Å². The van der Waals surface area contributed by atoms with Crippen molar-refractivity contribution in [2.24, 2.45) is 7.05 Å². The molecule has 2 N–H and O–H groups in total. The third-order valence-corrected chi connectivity index (χ3v) is 4.25. The second kappa shape index (κ2) is 9.09. The van der Waals surface area contributed by atoms with E-state index in [0.717, 1.165) is 17.1 Å². The Morgan fingerprint density at radius 2 is 1.93 bits per heavy atom. The normalized spacial score (nSPS) is 11.6. The Morgan fingerprint density at radius 1 is 1.19 bits per heavy atom. The first kappa shape index (κ1) is 18.8. The van der Waals surface area contributed by atoms with E-state index in [4.69, 9.17) is 16.3 Å². The Kier molecular flexibility index (Phi) is 6.33. The molecule has 0 unspecified atom stereocenters. The summed E-state index contributed by atoms with van der Waals surface area (Å²) < 4.78 is 7.45. The van der Waals surface area contributed by atoms with Gasteiger partial charge in [0.05, 0.1) is 6.54 Å². The first-order valence-corrected chi connectivity index (χ1v) is 8.96. The highest BCUT2D eigenvalue weighted by Gasteiger charge is 2.20. The van der Waals surface area contributed by atoms with Crippen LogP contribution in [0.1, 0.15) is 17.4 Å². The summed E-state index contributed by atoms with van der Waals surface area (Å²) in [6.45, 7) is 0.764. The minimum Gasteiger partial charge on any atom is -0.492 e. The molecule has 140 valence electrons. The Morgan fingerprint density at radius 3 is 2.59 bits per heavy atom. The number of ether oxygens (including phenoxy) is 1. The molecule has 27 heavy (non-hydrogen) atoms. The zero-order chi connectivity index (χ0) is 19.1. The van der Waals surface area contributed by atoms with E-state index >= 15 is 0 Å². The van der Waals surface area contributed by atoms with Crippen molar-refractivity contribution in [3.63, 3.8) is 0 Å². The number of hydrogen-bond donors (Lipinski definition) is 2. The Bertz CT molecular complexity index is 865. The maximum Gasteiger partial charge on any atom is 0.315 e. The van der Waals surface area contributed by atoms with Crippen LogP contribution < -0.4 is 15.4 Å². The van der Waals surface area contributed by atoms with Gasteiger partial charge in [-0.25, -0.2) is 9.78 Å². The average molecular weight is 385 g/mol. The van der Waals surface area contributed by atoms with E-state index < -0.39 is 6.04 Å². The molecular formula is C20H21ClN4O2. The lowest BCUT2D eigenvalue weighted by atomic mass is 10.1. The highest BCUT2D eigenvalue weighted by Crippen LogP contribution is 2.22. The van der Waals surface area contributed by atoms with E-state index in [-0.39, 0.29) is 6.03 Å². The van der Waals surface area contributed by atoms with Crippen molar-refractivity contribution in [2.45, 2.75) is 6.04 Å². The molecule has 1 atom stereocenters. The van der Waals surface area contributed by atoms with Crippen LogP contribution in [0.2, 0.25) is 5.02 Å². The van der Waals surface area contributed by atoms with Crippen molar-refractivity contribution in [1.29, 1.82) is 0 Å². The van der Waals surface area contributed by atoms with Crippen LogP contribution in [0.4, 0.5) is 4.79 Å². The van der Waals surface area contributed by atoms with Gasteiger partial charge in [0.2, 0.25) is 0 Å². The third kappa shape index (κ3) is 5.24. The molecule has 0 fully saturated rings. The number of aryl methyl sites for hydroxylation is 1. The lowest BCUT2D eigenvalue weighted by Crippen LogP contribution is -2.40. The maximum absolute atomic E-state index is 12.4. The molecule has 0 radical (unpaired) electrons. The number of urea groups is 1. The lowest BCUT2D eigenvalue weighted by Gasteiger charge is -2.19. The molecule has 3 rings (SSSR count). The molecule has 0 saturated carbocycles. The number of nitrogens with one attached hydrogen (secondary N) is 2. The molecule has 0 aliphatic heterocycles. The van der Waals surface area contributed by atoms with Crippen LogP contribution in [0.15, 0.2) is 67.0 Å². The number of rotatable bonds is 7. The molecule has 6 nitrogen and oxygen atoms in total.